The standard InChI is InChI=1S/C16H22Cl2O2/c1-4-5-10-6-7-11(8-10)20-15(19)14-12(9-13(17)18)16(14,2)3/h6,9,11-12,14H,4-5,7-8H2,1-3H3/t11-,12?,14+/m1/s1. The fourth-order valence-electron chi connectivity index (χ4n) is 3.18. The van der Waals surface area contributed by atoms with Gasteiger partial charge in [0.1, 0.15) is 10.6 Å². The van der Waals surface area contributed by atoms with E-state index in [-0.39, 0.29) is 33.8 Å². The van der Waals surface area contributed by atoms with Crippen LogP contribution >= 0.6 is 23.2 Å². The van der Waals surface area contributed by atoms with Crippen LogP contribution in [-0.2, 0) is 9.53 Å². The van der Waals surface area contributed by atoms with Crippen LogP contribution < -0.4 is 0 Å². The molecule has 0 amide bonds. The minimum atomic E-state index is -0.120. The molecule has 2 rings (SSSR count). The van der Waals surface area contributed by atoms with Crippen LogP contribution in [0, 0.1) is 17.3 Å². The molecule has 0 aromatic carbocycles. The van der Waals surface area contributed by atoms with Crippen molar-refractivity contribution in [2.75, 3.05) is 0 Å². The first-order chi connectivity index (χ1) is 9.36. The number of hydrogen-bond acceptors (Lipinski definition) is 2. The second kappa shape index (κ2) is 6.11. The lowest BCUT2D eigenvalue weighted by molar-refractivity contribution is -0.151. The first kappa shape index (κ1) is 15.9. The molecule has 0 heterocycles. The first-order valence-electron chi connectivity index (χ1n) is 7.27. The highest BCUT2D eigenvalue weighted by atomic mass is 35.5. The van der Waals surface area contributed by atoms with E-state index in [9.17, 15) is 4.79 Å². The lowest BCUT2D eigenvalue weighted by atomic mass is 10.1. The van der Waals surface area contributed by atoms with Crippen molar-refractivity contribution in [3.8, 4) is 0 Å². The van der Waals surface area contributed by atoms with Crippen LogP contribution in [0.5, 0.6) is 0 Å². The van der Waals surface area contributed by atoms with Gasteiger partial charge in [0.15, 0.2) is 0 Å². The van der Waals surface area contributed by atoms with Crippen molar-refractivity contribution >= 4 is 29.2 Å². The van der Waals surface area contributed by atoms with E-state index in [4.69, 9.17) is 27.9 Å². The highest BCUT2D eigenvalue weighted by molar-refractivity contribution is 6.55. The second-order valence-corrected chi connectivity index (χ2v) is 7.40. The normalized spacial score (nSPS) is 30.6. The number of esters is 1. The molecule has 1 fully saturated rings. The molecule has 0 spiro atoms. The summed E-state index contributed by atoms with van der Waals surface area (Å²) in [4.78, 5) is 12.3. The largest absolute Gasteiger partial charge is 0.461 e. The monoisotopic (exact) mass is 316 g/mol. The summed E-state index contributed by atoms with van der Waals surface area (Å²) in [5, 5.41) is 0. The fourth-order valence-corrected chi connectivity index (χ4v) is 3.46. The molecule has 0 aromatic heterocycles. The summed E-state index contributed by atoms with van der Waals surface area (Å²) in [5.74, 6) is -0.142. The van der Waals surface area contributed by atoms with Crippen molar-refractivity contribution in [1.29, 1.82) is 0 Å². The van der Waals surface area contributed by atoms with E-state index in [0.717, 1.165) is 25.7 Å². The van der Waals surface area contributed by atoms with Crippen LogP contribution in [0.15, 0.2) is 22.2 Å². The highest BCUT2D eigenvalue weighted by Crippen LogP contribution is 2.60. The summed E-state index contributed by atoms with van der Waals surface area (Å²) in [7, 11) is 0. The smallest absolute Gasteiger partial charge is 0.310 e. The Bertz CT molecular complexity index is 447. The molecule has 3 atom stereocenters. The third-order valence-corrected chi connectivity index (χ3v) is 4.74. The number of rotatable bonds is 5. The molecule has 4 heteroatoms. The molecule has 0 aliphatic heterocycles. The summed E-state index contributed by atoms with van der Waals surface area (Å²) in [6, 6.07) is 0. The summed E-state index contributed by atoms with van der Waals surface area (Å²) in [6.45, 7) is 6.26. The zero-order valence-electron chi connectivity index (χ0n) is 12.3. The van der Waals surface area contributed by atoms with E-state index in [1.807, 2.05) is 13.8 Å². The van der Waals surface area contributed by atoms with Crippen molar-refractivity contribution in [3.63, 3.8) is 0 Å². The van der Waals surface area contributed by atoms with Gasteiger partial charge in [-0.1, -0.05) is 62.0 Å². The van der Waals surface area contributed by atoms with E-state index in [2.05, 4.69) is 13.0 Å². The third kappa shape index (κ3) is 3.40. The molecule has 1 unspecified atom stereocenters. The molecule has 2 nitrogen and oxygen atoms in total. The van der Waals surface area contributed by atoms with Crippen molar-refractivity contribution < 1.29 is 9.53 Å². The van der Waals surface area contributed by atoms with Gasteiger partial charge >= 0.3 is 5.97 Å². The molecular weight excluding hydrogens is 295 g/mol. The molecule has 112 valence electrons. The van der Waals surface area contributed by atoms with Crippen LogP contribution in [0.25, 0.3) is 0 Å². The zero-order chi connectivity index (χ0) is 14.9. The van der Waals surface area contributed by atoms with Gasteiger partial charge in [0.2, 0.25) is 0 Å². The average molecular weight is 317 g/mol. The maximum Gasteiger partial charge on any atom is 0.310 e. The second-order valence-electron chi connectivity index (χ2n) is 6.39. The third-order valence-electron chi connectivity index (χ3n) is 4.48. The summed E-state index contributed by atoms with van der Waals surface area (Å²) >= 11 is 11.4. The minimum absolute atomic E-state index is 0.0246. The van der Waals surface area contributed by atoms with Crippen molar-refractivity contribution in [2.45, 2.75) is 52.6 Å². The Labute approximate surface area is 131 Å². The lowest BCUT2D eigenvalue weighted by Gasteiger charge is -2.13. The van der Waals surface area contributed by atoms with E-state index in [1.54, 1.807) is 6.08 Å². The molecule has 0 radical (unpaired) electrons. The van der Waals surface area contributed by atoms with Crippen LogP contribution in [0.4, 0.5) is 0 Å². The Morgan fingerprint density at radius 3 is 2.80 bits per heavy atom. The van der Waals surface area contributed by atoms with Gasteiger partial charge in [-0.2, -0.15) is 0 Å². The average Bonchev–Trinajstić information content (AvgIpc) is 2.70. The molecule has 20 heavy (non-hydrogen) atoms. The Morgan fingerprint density at radius 2 is 2.20 bits per heavy atom. The Kier molecular flexibility index (Phi) is 4.86. The van der Waals surface area contributed by atoms with Gasteiger partial charge in [0.25, 0.3) is 0 Å². The van der Waals surface area contributed by atoms with Crippen molar-refractivity contribution in [3.05, 3.63) is 22.2 Å². The van der Waals surface area contributed by atoms with Crippen molar-refractivity contribution in [2.24, 2.45) is 17.3 Å². The minimum Gasteiger partial charge on any atom is -0.461 e. The molecule has 2 aliphatic rings. The zero-order valence-corrected chi connectivity index (χ0v) is 13.8. The molecule has 0 bridgehead atoms. The molecule has 0 saturated heterocycles. The van der Waals surface area contributed by atoms with Gasteiger partial charge in [0.05, 0.1) is 5.92 Å². The van der Waals surface area contributed by atoms with Crippen LogP contribution in [-0.4, -0.2) is 12.1 Å². The SMILES string of the molecule is CCCC1=CC[C@@H](OC(=O)[C@@H]2C(C=C(Cl)Cl)C2(C)C)C1. The molecule has 0 aromatic rings. The van der Waals surface area contributed by atoms with Gasteiger partial charge in [0, 0.05) is 12.8 Å². The van der Waals surface area contributed by atoms with E-state index in [1.165, 1.54) is 5.57 Å². The molecule has 1 saturated carbocycles. The predicted octanol–water partition coefficient (Wildman–Crippen LogP) is 5.01. The number of carbonyl (C=O) groups excluding carboxylic acids is 1. The van der Waals surface area contributed by atoms with Gasteiger partial charge in [-0.15, -0.1) is 0 Å². The molecular formula is C16H22Cl2O2. The molecule has 0 N–H and O–H groups in total. The topological polar surface area (TPSA) is 26.3 Å². The van der Waals surface area contributed by atoms with Crippen molar-refractivity contribution in [1.82, 2.24) is 0 Å². The van der Waals surface area contributed by atoms with E-state index < -0.39 is 0 Å². The lowest BCUT2D eigenvalue weighted by Crippen LogP contribution is -2.18. The number of halogens is 2. The van der Waals surface area contributed by atoms with Crippen LogP contribution in [0.1, 0.15) is 46.5 Å². The van der Waals surface area contributed by atoms with E-state index >= 15 is 0 Å². The number of allylic oxidation sites excluding steroid dienone is 1. The summed E-state index contributed by atoms with van der Waals surface area (Å²) in [5.41, 5.74) is 1.31. The Hall–Kier alpha value is -0.470. The quantitative estimate of drug-likeness (QED) is 0.526. The number of hydrogen-bond donors (Lipinski definition) is 0. The fraction of sp³-hybridized carbons (Fsp3) is 0.688. The first-order valence-corrected chi connectivity index (χ1v) is 8.03. The predicted molar refractivity (Wildman–Crippen MR) is 82.7 cm³/mol. The van der Waals surface area contributed by atoms with Gasteiger partial charge in [-0.3, -0.25) is 4.79 Å². The summed E-state index contributed by atoms with van der Waals surface area (Å²) in [6.07, 6.45) is 7.99. The number of carbonyl (C=O) groups is 1. The van der Waals surface area contributed by atoms with E-state index in [0.29, 0.717) is 0 Å². The van der Waals surface area contributed by atoms with Gasteiger partial charge < -0.3 is 4.74 Å². The summed E-state index contributed by atoms with van der Waals surface area (Å²) < 4.78 is 5.88. The van der Waals surface area contributed by atoms with Crippen LogP contribution in [0.3, 0.4) is 0 Å². The van der Waals surface area contributed by atoms with Gasteiger partial charge in [-0.25, -0.2) is 0 Å². The molecule has 2 aliphatic carbocycles. The van der Waals surface area contributed by atoms with Gasteiger partial charge in [-0.05, 0) is 23.8 Å². The maximum atomic E-state index is 12.3. The maximum absolute atomic E-state index is 12.3. The highest BCUT2D eigenvalue weighted by Gasteiger charge is 2.61. The Morgan fingerprint density at radius 1 is 1.50 bits per heavy atom. The number of ether oxygens (including phenoxy) is 1. The Balaban J connectivity index is 1.87. The van der Waals surface area contributed by atoms with Crippen LogP contribution in [0.2, 0.25) is 0 Å².